The lowest BCUT2D eigenvalue weighted by Crippen LogP contribution is -2.16. The molecular weight excluding hydrogens is 305 g/mol. The van der Waals surface area contributed by atoms with Crippen molar-refractivity contribution in [2.24, 2.45) is 0 Å². The second-order valence-electron chi connectivity index (χ2n) is 5.63. The zero-order valence-corrected chi connectivity index (χ0v) is 14.1. The molecule has 0 bridgehead atoms. The summed E-state index contributed by atoms with van der Waals surface area (Å²) in [5.41, 5.74) is 1.58. The summed E-state index contributed by atoms with van der Waals surface area (Å²) in [5, 5.41) is 4.26. The quantitative estimate of drug-likeness (QED) is 0.938. The molecule has 0 saturated carbocycles. The topological polar surface area (TPSA) is 64.0 Å². The first-order chi connectivity index (χ1) is 10.1. The zero-order chi connectivity index (χ0) is 16.7. The number of halogens is 1. The first-order valence-corrected chi connectivity index (χ1v) is 8.46. The lowest BCUT2D eigenvalue weighted by atomic mass is 10.2. The van der Waals surface area contributed by atoms with Crippen LogP contribution in [0.25, 0.3) is 0 Å². The van der Waals surface area contributed by atoms with Gasteiger partial charge in [-0.2, -0.15) is 5.10 Å². The smallest absolute Gasteiger partial charge is 0.265 e. The SMILES string of the molecule is Cc1ccc(NS(=O)(=O)c2c(C)nn(C(C)C)c2C)c(F)c1. The van der Waals surface area contributed by atoms with Gasteiger partial charge in [-0.05, 0) is 52.3 Å². The van der Waals surface area contributed by atoms with Crippen molar-refractivity contribution in [3.63, 3.8) is 0 Å². The van der Waals surface area contributed by atoms with E-state index in [-0.39, 0.29) is 16.6 Å². The maximum absolute atomic E-state index is 13.9. The van der Waals surface area contributed by atoms with Crippen molar-refractivity contribution >= 4 is 15.7 Å². The van der Waals surface area contributed by atoms with Crippen LogP contribution in [0.2, 0.25) is 0 Å². The van der Waals surface area contributed by atoms with Crippen LogP contribution in [0.15, 0.2) is 23.1 Å². The van der Waals surface area contributed by atoms with Gasteiger partial charge in [-0.1, -0.05) is 6.07 Å². The third-order valence-corrected chi connectivity index (χ3v) is 5.00. The first kappa shape index (κ1) is 16.5. The number of rotatable bonds is 4. The molecule has 5 nitrogen and oxygen atoms in total. The highest BCUT2D eigenvalue weighted by molar-refractivity contribution is 7.92. The molecule has 0 aliphatic heterocycles. The molecule has 1 aromatic carbocycles. The highest BCUT2D eigenvalue weighted by Crippen LogP contribution is 2.25. The summed E-state index contributed by atoms with van der Waals surface area (Å²) in [5.74, 6) is -0.602. The molecule has 0 radical (unpaired) electrons. The van der Waals surface area contributed by atoms with Crippen LogP contribution in [0.5, 0.6) is 0 Å². The van der Waals surface area contributed by atoms with Gasteiger partial charge in [0.2, 0.25) is 0 Å². The number of anilines is 1. The summed E-state index contributed by atoms with van der Waals surface area (Å²) in [6.45, 7) is 8.90. The number of aryl methyl sites for hydroxylation is 2. The van der Waals surface area contributed by atoms with Crippen molar-refractivity contribution in [2.75, 3.05) is 4.72 Å². The van der Waals surface area contributed by atoms with Gasteiger partial charge >= 0.3 is 0 Å². The van der Waals surface area contributed by atoms with E-state index in [0.717, 1.165) is 5.56 Å². The summed E-state index contributed by atoms with van der Waals surface area (Å²) < 4.78 is 43.0. The second-order valence-corrected chi connectivity index (χ2v) is 7.25. The van der Waals surface area contributed by atoms with Crippen LogP contribution in [0.4, 0.5) is 10.1 Å². The van der Waals surface area contributed by atoms with Gasteiger partial charge in [-0.25, -0.2) is 12.8 Å². The summed E-state index contributed by atoms with van der Waals surface area (Å²) >= 11 is 0. The first-order valence-electron chi connectivity index (χ1n) is 6.98. The van der Waals surface area contributed by atoms with Crippen molar-refractivity contribution in [1.82, 2.24) is 9.78 Å². The molecule has 120 valence electrons. The van der Waals surface area contributed by atoms with E-state index in [9.17, 15) is 12.8 Å². The molecule has 2 rings (SSSR count). The molecule has 2 aromatic rings. The molecule has 1 aromatic heterocycles. The van der Waals surface area contributed by atoms with Gasteiger partial charge in [-0.15, -0.1) is 0 Å². The molecule has 0 atom stereocenters. The fourth-order valence-electron chi connectivity index (χ4n) is 2.44. The summed E-state index contributed by atoms with van der Waals surface area (Å²) in [6, 6.07) is 4.39. The van der Waals surface area contributed by atoms with Crippen LogP contribution < -0.4 is 4.72 Å². The largest absolute Gasteiger partial charge is 0.277 e. The molecule has 22 heavy (non-hydrogen) atoms. The summed E-state index contributed by atoms with van der Waals surface area (Å²) in [7, 11) is -3.90. The van der Waals surface area contributed by atoms with Crippen LogP contribution in [-0.2, 0) is 10.0 Å². The van der Waals surface area contributed by atoms with Crippen LogP contribution in [0, 0.1) is 26.6 Å². The Kier molecular flexibility index (Phi) is 4.28. The van der Waals surface area contributed by atoms with E-state index in [2.05, 4.69) is 9.82 Å². The summed E-state index contributed by atoms with van der Waals surface area (Å²) in [6.07, 6.45) is 0. The van der Waals surface area contributed by atoms with Crippen LogP contribution in [0.3, 0.4) is 0 Å². The van der Waals surface area contributed by atoms with E-state index in [1.807, 2.05) is 13.8 Å². The normalized spacial score (nSPS) is 12.0. The Morgan fingerprint density at radius 3 is 2.36 bits per heavy atom. The lowest BCUT2D eigenvalue weighted by molar-refractivity contribution is 0.514. The highest BCUT2D eigenvalue weighted by atomic mass is 32.2. The van der Waals surface area contributed by atoms with E-state index in [4.69, 9.17) is 0 Å². The predicted molar refractivity (Wildman–Crippen MR) is 84.0 cm³/mol. The predicted octanol–water partition coefficient (Wildman–Crippen LogP) is 3.33. The van der Waals surface area contributed by atoms with Gasteiger partial charge in [0.1, 0.15) is 10.7 Å². The third-order valence-electron chi connectivity index (χ3n) is 3.39. The molecular formula is C15H20FN3O2S. The van der Waals surface area contributed by atoms with Crippen molar-refractivity contribution in [3.8, 4) is 0 Å². The molecule has 1 N–H and O–H groups in total. The number of nitrogens with zero attached hydrogens (tertiary/aromatic N) is 2. The van der Waals surface area contributed by atoms with Crippen LogP contribution in [-0.4, -0.2) is 18.2 Å². The van der Waals surface area contributed by atoms with E-state index in [1.165, 1.54) is 12.1 Å². The number of aromatic nitrogens is 2. The number of sulfonamides is 1. The maximum atomic E-state index is 13.9. The zero-order valence-electron chi connectivity index (χ0n) is 13.3. The molecule has 0 aliphatic carbocycles. The Morgan fingerprint density at radius 1 is 1.23 bits per heavy atom. The highest BCUT2D eigenvalue weighted by Gasteiger charge is 2.26. The lowest BCUT2D eigenvalue weighted by Gasteiger charge is -2.11. The standard InChI is InChI=1S/C15H20FN3O2S/c1-9(2)19-12(5)15(11(4)17-19)22(20,21)18-14-7-6-10(3)8-13(14)16/h6-9,18H,1-5H3. The van der Waals surface area contributed by atoms with E-state index < -0.39 is 15.8 Å². The van der Waals surface area contributed by atoms with Gasteiger partial charge in [0, 0.05) is 6.04 Å². The van der Waals surface area contributed by atoms with Crippen molar-refractivity contribution in [3.05, 3.63) is 41.0 Å². The Balaban J connectivity index is 2.47. The van der Waals surface area contributed by atoms with Crippen molar-refractivity contribution in [1.29, 1.82) is 0 Å². The van der Waals surface area contributed by atoms with Gasteiger partial charge in [0.25, 0.3) is 10.0 Å². The minimum atomic E-state index is -3.90. The van der Waals surface area contributed by atoms with E-state index in [0.29, 0.717) is 11.4 Å². The average molecular weight is 325 g/mol. The molecule has 1 heterocycles. The Hall–Kier alpha value is -1.89. The third kappa shape index (κ3) is 2.99. The summed E-state index contributed by atoms with van der Waals surface area (Å²) in [4.78, 5) is 0.0983. The van der Waals surface area contributed by atoms with Gasteiger partial charge in [-0.3, -0.25) is 9.40 Å². The molecule has 0 saturated heterocycles. The Morgan fingerprint density at radius 2 is 1.86 bits per heavy atom. The second kappa shape index (κ2) is 5.72. The number of benzene rings is 1. The number of nitrogens with one attached hydrogen (secondary N) is 1. The van der Waals surface area contributed by atoms with Gasteiger partial charge < -0.3 is 0 Å². The minimum absolute atomic E-state index is 0.0405. The fraction of sp³-hybridized carbons (Fsp3) is 0.400. The molecule has 0 aliphatic rings. The van der Waals surface area contributed by atoms with Crippen molar-refractivity contribution in [2.45, 2.75) is 45.6 Å². The van der Waals surface area contributed by atoms with E-state index >= 15 is 0 Å². The molecule has 0 fully saturated rings. The van der Waals surface area contributed by atoms with Crippen LogP contribution in [0.1, 0.15) is 36.8 Å². The molecule has 0 spiro atoms. The van der Waals surface area contributed by atoms with Crippen molar-refractivity contribution < 1.29 is 12.8 Å². The minimum Gasteiger partial charge on any atom is -0.277 e. The Labute approximate surface area is 130 Å². The molecule has 0 amide bonds. The molecule has 7 heteroatoms. The number of hydrogen-bond donors (Lipinski definition) is 1. The average Bonchev–Trinajstić information content (AvgIpc) is 2.69. The maximum Gasteiger partial charge on any atom is 0.265 e. The Bertz CT molecular complexity index is 810. The van der Waals surface area contributed by atoms with Gasteiger partial charge in [0.05, 0.1) is 17.1 Å². The monoisotopic (exact) mass is 325 g/mol. The van der Waals surface area contributed by atoms with Gasteiger partial charge in [0.15, 0.2) is 0 Å². The number of hydrogen-bond acceptors (Lipinski definition) is 3. The van der Waals surface area contributed by atoms with E-state index in [1.54, 1.807) is 31.5 Å². The van der Waals surface area contributed by atoms with Crippen LogP contribution >= 0.6 is 0 Å². The molecule has 0 unspecified atom stereocenters. The fourth-order valence-corrected chi connectivity index (χ4v) is 3.91.